The first-order valence-electron chi connectivity index (χ1n) is 11.5. The van der Waals surface area contributed by atoms with Crippen LogP contribution >= 0.6 is 10.2 Å². The molecule has 0 saturated carbocycles. The maximum Gasteiger partial charge on any atom is 0.497 e. The standard InChI is InChI=1S/C24H40BNO3S/c1-9-14-30(15-10-2,16-11-3)26-18-21(20-17-19(27-8)12-13-22(20)26)25-28-23(4,5)24(6,7)29-25/h12-13,17-18H,9-11,14-16H2,1-8H3. The Bertz CT molecular complexity index is 844. The van der Waals surface area contributed by atoms with E-state index in [1.54, 1.807) is 7.11 Å². The molecule has 1 aromatic heterocycles. The van der Waals surface area contributed by atoms with Gasteiger partial charge in [0, 0.05) is 17.0 Å². The van der Waals surface area contributed by atoms with Gasteiger partial charge in [-0.05, 0) is 82.4 Å². The van der Waals surface area contributed by atoms with Gasteiger partial charge in [-0.2, -0.15) is 10.2 Å². The number of nitrogens with zero attached hydrogens (tertiary/aromatic N) is 1. The number of aromatic nitrogens is 1. The second-order valence-corrected chi connectivity index (χ2v) is 13.1. The van der Waals surface area contributed by atoms with Crippen LogP contribution in [0.2, 0.25) is 0 Å². The predicted octanol–water partition coefficient (Wildman–Crippen LogP) is 5.75. The molecule has 6 heteroatoms. The van der Waals surface area contributed by atoms with E-state index in [2.05, 4.69) is 76.8 Å². The second-order valence-electron chi connectivity index (χ2n) is 9.49. The summed E-state index contributed by atoms with van der Waals surface area (Å²) in [5.41, 5.74) is 1.70. The third-order valence-electron chi connectivity index (χ3n) is 6.69. The maximum absolute atomic E-state index is 6.47. The number of ether oxygens (including phenoxy) is 1. The lowest BCUT2D eigenvalue weighted by Crippen LogP contribution is -2.41. The van der Waals surface area contributed by atoms with Gasteiger partial charge in [0.15, 0.2) is 0 Å². The fraction of sp³-hybridized carbons (Fsp3) is 0.667. The summed E-state index contributed by atoms with van der Waals surface area (Å²) in [5, 5.41) is 1.19. The molecule has 0 bridgehead atoms. The molecule has 0 atom stereocenters. The van der Waals surface area contributed by atoms with E-state index in [1.165, 1.54) is 47.4 Å². The molecule has 0 amide bonds. The summed E-state index contributed by atoms with van der Waals surface area (Å²) in [6.07, 6.45) is 5.97. The number of hydrogen-bond donors (Lipinski definition) is 0. The minimum Gasteiger partial charge on any atom is -0.497 e. The molecule has 0 radical (unpaired) electrons. The lowest BCUT2D eigenvalue weighted by atomic mass is 9.79. The smallest absolute Gasteiger partial charge is 0.497 e. The van der Waals surface area contributed by atoms with Gasteiger partial charge in [0.05, 0.1) is 23.8 Å². The number of hydrogen-bond acceptors (Lipinski definition) is 3. The van der Waals surface area contributed by atoms with E-state index < -0.39 is 10.2 Å². The van der Waals surface area contributed by atoms with E-state index in [9.17, 15) is 0 Å². The first kappa shape index (κ1) is 23.6. The van der Waals surface area contributed by atoms with Crippen LogP contribution in [0.1, 0.15) is 67.7 Å². The summed E-state index contributed by atoms with van der Waals surface area (Å²) in [6, 6.07) is 6.47. The molecule has 0 N–H and O–H groups in total. The van der Waals surface area contributed by atoms with Crippen LogP contribution in [0, 0.1) is 0 Å². The fourth-order valence-electron chi connectivity index (χ4n) is 4.55. The summed E-state index contributed by atoms with van der Waals surface area (Å²) in [7, 11) is 0.389. The Hall–Kier alpha value is -1.11. The summed E-state index contributed by atoms with van der Waals surface area (Å²) < 4.78 is 21.1. The van der Waals surface area contributed by atoms with Crippen molar-refractivity contribution in [3.63, 3.8) is 0 Å². The Morgan fingerprint density at radius 2 is 1.47 bits per heavy atom. The van der Waals surface area contributed by atoms with E-state index in [-0.39, 0.29) is 18.3 Å². The molecule has 4 nitrogen and oxygen atoms in total. The molecule has 0 spiro atoms. The van der Waals surface area contributed by atoms with E-state index in [0.29, 0.717) is 0 Å². The van der Waals surface area contributed by atoms with Gasteiger partial charge in [0.1, 0.15) is 5.75 Å². The minimum absolute atomic E-state index is 0.356. The molecular weight excluding hydrogens is 393 g/mol. The quantitative estimate of drug-likeness (QED) is 0.472. The first-order chi connectivity index (χ1) is 14.1. The maximum atomic E-state index is 6.47. The monoisotopic (exact) mass is 433 g/mol. The summed E-state index contributed by atoms with van der Waals surface area (Å²) in [6.45, 7) is 15.4. The van der Waals surface area contributed by atoms with Crippen LogP contribution in [-0.2, 0) is 9.31 Å². The van der Waals surface area contributed by atoms with Crippen molar-refractivity contribution in [3.8, 4) is 5.75 Å². The van der Waals surface area contributed by atoms with Gasteiger partial charge in [-0.15, -0.1) is 0 Å². The van der Waals surface area contributed by atoms with Crippen molar-refractivity contribution in [2.24, 2.45) is 0 Å². The molecule has 1 aliphatic rings. The molecule has 0 aliphatic carbocycles. The highest BCUT2D eigenvalue weighted by molar-refractivity contribution is 8.32. The van der Waals surface area contributed by atoms with Crippen molar-refractivity contribution in [3.05, 3.63) is 24.4 Å². The molecule has 1 aromatic carbocycles. The Kier molecular flexibility index (Phi) is 6.91. The van der Waals surface area contributed by atoms with E-state index in [0.717, 1.165) is 11.2 Å². The zero-order valence-electron chi connectivity index (χ0n) is 20.2. The van der Waals surface area contributed by atoms with E-state index >= 15 is 0 Å². The van der Waals surface area contributed by atoms with Crippen molar-refractivity contribution in [2.75, 3.05) is 24.4 Å². The molecular formula is C24H40BNO3S. The topological polar surface area (TPSA) is 32.6 Å². The SMILES string of the molecule is CCCS(CCC)(CCC)n1cc(B2OC(C)(C)C(C)(C)O2)c2cc(OC)ccc21. The van der Waals surface area contributed by atoms with Crippen molar-refractivity contribution in [1.29, 1.82) is 0 Å². The fourth-order valence-corrected chi connectivity index (χ4v) is 8.95. The molecule has 2 heterocycles. The average molecular weight is 433 g/mol. The Balaban J connectivity index is 2.22. The van der Waals surface area contributed by atoms with Crippen LogP contribution in [0.3, 0.4) is 0 Å². The van der Waals surface area contributed by atoms with Crippen LogP contribution in [0.15, 0.2) is 24.4 Å². The summed E-state index contributed by atoms with van der Waals surface area (Å²) in [4.78, 5) is 0. The highest BCUT2D eigenvalue weighted by atomic mass is 32.3. The van der Waals surface area contributed by atoms with Crippen LogP contribution in [0.4, 0.5) is 0 Å². The van der Waals surface area contributed by atoms with Gasteiger partial charge in [0.2, 0.25) is 0 Å². The summed E-state index contributed by atoms with van der Waals surface area (Å²) in [5.74, 6) is 4.65. The van der Waals surface area contributed by atoms with Crippen LogP contribution in [0.25, 0.3) is 10.9 Å². The largest absolute Gasteiger partial charge is 0.497 e. The van der Waals surface area contributed by atoms with Crippen molar-refractivity contribution >= 4 is 33.7 Å². The van der Waals surface area contributed by atoms with Crippen LogP contribution in [-0.4, -0.2) is 46.7 Å². The Labute approximate surface area is 185 Å². The second kappa shape index (κ2) is 8.80. The van der Waals surface area contributed by atoms with Crippen LogP contribution in [0.5, 0.6) is 5.75 Å². The first-order valence-corrected chi connectivity index (χ1v) is 13.6. The minimum atomic E-state index is -0.973. The predicted molar refractivity (Wildman–Crippen MR) is 133 cm³/mol. The Morgan fingerprint density at radius 3 is 1.93 bits per heavy atom. The van der Waals surface area contributed by atoms with E-state index in [1.807, 2.05) is 0 Å². The number of benzene rings is 1. The van der Waals surface area contributed by atoms with Gasteiger partial charge in [-0.1, -0.05) is 20.8 Å². The van der Waals surface area contributed by atoms with Gasteiger partial charge in [0.25, 0.3) is 0 Å². The zero-order chi connectivity index (χ0) is 22.2. The molecule has 30 heavy (non-hydrogen) atoms. The third-order valence-corrected chi connectivity index (χ3v) is 11.3. The van der Waals surface area contributed by atoms with Gasteiger partial charge < -0.3 is 18.0 Å². The average Bonchev–Trinajstić information content (AvgIpc) is 3.16. The lowest BCUT2D eigenvalue weighted by molar-refractivity contribution is 0.00578. The molecule has 1 fully saturated rings. The van der Waals surface area contributed by atoms with Gasteiger partial charge in [-0.3, -0.25) is 0 Å². The highest BCUT2D eigenvalue weighted by Gasteiger charge is 2.52. The molecule has 1 saturated heterocycles. The van der Waals surface area contributed by atoms with Crippen molar-refractivity contribution in [1.82, 2.24) is 3.97 Å². The molecule has 1 aliphatic heterocycles. The van der Waals surface area contributed by atoms with Gasteiger partial charge >= 0.3 is 7.12 Å². The number of fused-ring (bicyclic) bond motifs is 1. The normalized spacial score (nSPS) is 18.9. The van der Waals surface area contributed by atoms with E-state index in [4.69, 9.17) is 14.0 Å². The molecule has 2 aromatic rings. The van der Waals surface area contributed by atoms with Gasteiger partial charge in [-0.25, -0.2) is 0 Å². The molecule has 0 unspecified atom stereocenters. The van der Waals surface area contributed by atoms with Crippen LogP contribution < -0.4 is 10.2 Å². The number of rotatable bonds is 9. The lowest BCUT2D eigenvalue weighted by Gasteiger charge is -2.42. The molecule has 168 valence electrons. The molecule has 3 rings (SSSR count). The van der Waals surface area contributed by atoms with Crippen molar-refractivity contribution in [2.45, 2.75) is 78.9 Å². The third kappa shape index (κ3) is 4.03. The highest BCUT2D eigenvalue weighted by Crippen LogP contribution is 2.53. The number of methoxy groups -OCH3 is 1. The summed E-state index contributed by atoms with van der Waals surface area (Å²) >= 11 is 0. The Morgan fingerprint density at radius 1 is 0.933 bits per heavy atom. The zero-order valence-corrected chi connectivity index (χ0v) is 21.0. The van der Waals surface area contributed by atoms with Crippen molar-refractivity contribution < 1.29 is 14.0 Å².